The van der Waals surface area contributed by atoms with Crippen LogP contribution in [0.4, 0.5) is 10.3 Å². The molecule has 0 spiro atoms. The van der Waals surface area contributed by atoms with Crippen molar-refractivity contribution in [3.63, 3.8) is 0 Å². The molecule has 0 aliphatic carbocycles. The van der Waals surface area contributed by atoms with E-state index in [1.807, 2.05) is 37.3 Å². The zero-order chi connectivity index (χ0) is 20.0. The molecule has 0 saturated carbocycles. The SMILES string of the molecule is Cc1cc2nc(NC(=O)c3ccccc3F)nn2cc1-n1nnc2ccccc21. The number of benzene rings is 2. The summed E-state index contributed by atoms with van der Waals surface area (Å²) in [5.74, 6) is -1.14. The maximum Gasteiger partial charge on any atom is 0.261 e. The number of aromatic nitrogens is 6. The molecule has 0 radical (unpaired) electrons. The first kappa shape index (κ1) is 17.0. The maximum absolute atomic E-state index is 13.8. The zero-order valence-electron chi connectivity index (χ0n) is 15.2. The van der Waals surface area contributed by atoms with Crippen LogP contribution in [0.5, 0.6) is 0 Å². The van der Waals surface area contributed by atoms with E-state index in [4.69, 9.17) is 0 Å². The predicted molar refractivity (Wildman–Crippen MR) is 105 cm³/mol. The lowest BCUT2D eigenvalue weighted by molar-refractivity contribution is 0.102. The molecule has 2 aromatic carbocycles. The molecular formula is C20H14FN7O. The lowest BCUT2D eigenvalue weighted by Gasteiger charge is -2.06. The molecule has 29 heavy (non-hydrogen) atoms. The molecule has 0 saturated heterocycles. The van der Waals surface area contributed by atoms with Gasteiger partial charge in [-0.05, 0) is 42.8 Å². The van der Waals surface area contributed by atoms with Crippen molar-refractivity contribution in [2.45, 2.75) is 6.92 Å². The number of pyridine rings is 1. The van der Waals surface area contributed by atoms with Gasteiger partial charge in [0.2, 0.25) is 5.95 Å². The first-order valence-corrected chi connectivity index (χ1v) is 8.84. The summed E-state index contributed by atoms with van der Waals surface area (Å²) in [6.45, 7) is 1.93. The fourth-order valence-corrected chi connectivity index (χ4v) is 3.15. The fourth-order valence-electron chi connectivity index (χ4n) is 3.15. The summed E-state index contributed by atoms with van der Waals surface area (Å²) in [4.78, 5) is 16.6. The van der Waals surface area contributed by atoms with Gasteiger partial charge in [-0.1, -0.05) is 29.5 Å². The third-order valence-electron chi connectivity index (χ3n) is 4.58. The van der Waals surface area contributed by atoms with Crippen LogP contribution in [-0.4, -0.2) is 35.5 Å². The molecule has 0 atom stereocenters. The summed E-state index contributed by atoms with van der Waals surface area (Å²) in [5.41, 5.74) is 3.80. The first-order chi connectivity index (χ1) is 14.1. The first-order valence-electron chi connectivity index (χ1n) is 8.84. The molecule has 0 unspecified atom stereocenters. The number of nitrogens with zero attached hydrogens (tertiary/aromatic N) is 6. The van der Waals surface area contributed by atoms with Crippen LogP contribution >= 0.6 is 0 Å². The van der Waals surface area contributed by atoms with Crippen LogP contribution in [0, 0.1) is 12.7 Å². The quantitative estimate of drug-likeness (QED) is 0.514. The van der Waals surface area contributed by atoms with Gasteiger partial charge in [-0.3, -0.25) is 10.1 Å². The van der Waals surface area contributed by atoms with Crippen LogP contribution in [0.2, 0.25) is 0 Å². The Balaban J connectivity index is 1.53. The smallest absolute Gasteiger partial charge is 0.261 e. The Kier molecular flexibility index (Phi) is 3.80. The molecule has 1 N–H and O–H groups in total. The number of para-hydroxylation sites is 1. The van der Waals surface area contributed by atoms with Crippen molar-refractivity contribution in [1.82, 2.24) is 29.6 Å². The Morgan fingerprint density at radius 1 is 1.10 bits per heavy atom. The molecular weight excluding hydrogens is 373 g/mol. The predicted octanol–water partition coefficient (Wildman–Crippen LogP) is 3.16. The Morgan fingerprint density at radius 3 is 2.76 bits per heavy atom. The number of anilines is 1. The highest BCUT2D eigenvalue weighted by Gasteiger charge is 2.15. The summed E-state index contributed by atoms with van der Waals surface area (Å²) in [5, 5.41) is 15.2. The second kappa shape index (κ2) is 6.48. The van der Waals surface area contributed by atoms with Crippen molar-refractivity contribution in [2.75, 3.05) is 5.32 Å². The highest BCUT2D eigenvalue weighted by Crippen LogP contribution is 2.21. The van der Waals surface area contributed by atoms with Crippen molar-refractivity contribution < 1.29 is 9.18 Å². The molecule has 0 bridgehead atoms. The molecule has 0 aliphatic heterocycles. The van der Waals surface area contributed by atoms with Gasteiger partial charge in [0, 0.05) is 0 Å². The fraction of sp³-hybridized carbons (Fsp3) is 0.0500. The summed E-state index contributed by atoms with van der Waals surface area (Å²) in [6.07, 6.45) is 1.76. The van der Waals surface area contributed by atoms with Gasteiger partial charge in [-0.25, -0.2) is 13.6 Å². The van der Waals surface area contributed by atoms with E-state index in [0.717, 1.165) is 22.3 Å². The average molecular weight is 387 g/mol. The van der Waals surface area contributed by atoms with Crippen LogP contribution in [0.3, 0.4) is 0 Å². The Hall–Kier alpha value is -4.14. The molecule has 9 heteroatoms. The molecule has 142 valence electrons. The van der Waals surface area contributed by atoms with E-state index in [2.05, 4.69) is 25.7 Å². The molecule has 5 aromatic rings. The number of hydrogen-bond donors (Lipinski definition) is 1. The minimum atomic E-state index is -0.613. The third-order valence-corrected chi connectivity index (χ3v) is 4.58. The lowest BCUT2D eigenvalue weighted by atomic mass is 10.2. The summed E-state index contributed by atoms with van der Waals surface area (Å²) in [6, 6.07) is 15.2. The van der Waals surface area contributed by atoms with Crippen LogP contribution in [-0.2, 0) is 0 Å². The Morgan fingerprint density at radius 2 is 1.90 bits per heavy atom. The number of amides is 1. The van der Waals surface area contributed by atoms with E-state index < -0.39 is 11.7 Å². The molecule has 3 heterocycles. The number of hydrogen-bond acceptors (Lipinski definition) is 5. The number of carbonyl (C=O) groups excluding carboxylic acids is 1. The highest BCUT2D eigenvalue weighted by molar-refractivity contribution is 6.03. The van der Waals surface area contributed by atoms with Gasteiger partial charge in [0.25, 0.3) is 5.91 Å². The molecule has 8 nitrogen and oxygen atoms in total. The standard InChI is InChI=1S/C20H14FN7O/c1-12-10-18-22-20(23-19(29)13-6-2-3-7-14(13)21)25-27(18)11-17(12)28-16-9-5-4-8-15(16)24-26-28/h2-11H,1H3,(H,23,25,29). The number of rotatable bonds is 3. The van der Waals surface area contributed by atoms with E-state index in [1.165, 1.54) is 22.7 Å². The highest BCUT2D eigenvalue weighted by atomic mass is 19.1. The minimum Gasteiger partial charge on any atom is -0.289 e. The van der Waals surface area contributed by atoms with E-state index in [1.54, 1.807) is 16.9 Å². The Labute approximate surface area is 163 Å². The van der Waals surface area contributed by atoms with Crippen molar-refractivity contribution >= 4 is 28.5 Å². The summed E-state index contributed by atoms with van der Waals surface area (Å²) >= 11 is 0. The summed E-state index contributed by atoms with van der Waals surface area (Å²) < 4.78 is 17.1. The molecule has 0 aliphatic rings. The molecule has 5 rings (SSSR count). The van der Waals surface area contributed by atoms with Crippen molar-refractivity contribution in [3.05, 3.63) is 77.7 Å². The molecule has 1 amide bonds. The zero-order valence-corrected chi connectivity index (χ0v) is 15.2. The van der Waals surface area contributed by atoms with Crippen LogP contribution < -0.4 is 5.32 Å². The third kappa shape index (κ3) is 2.89. The average Bonchev–Trinajstić information content (AvgIpc) is 3.30. The summed E-state index contributed by atoms with van der Waals surface area (Å²) in [7, 11) is 0. The van der Waals surface area contributed by atoms with E-state index in [0.29, 0.717) is 5.65 Å². The number of aryl methyl sites for hydroxylation is 1. The monoisotopic (exact) mass is 387 g/mol. The molecule has 3 aromatic heterocycles. The topological polar surface area (TPSA) is 90.0 Å². The van der Waals surface area contributed by atoms with Gasteiger partial charge < -0.3 is 0 Å². The maximum atomic E-state index is 13.8. The second-order valence-corrected chi connectivity index (χ2v) is 6.50. The largest absolute Gasteiger partial charge is 0.289 e. The van der Waals surface area contributed by atoms with Gasteiger partial charge in [0.05, 0.1) is 23.0 Å². The van der Waals surface area contributed by atoms with Gasteiger partial charge in [0.15, 0.2) is 5.65 Å². The van der Waals surface area contributed by atoms with Crippen LogP contribution in [0.25, 0.3) is 22.4 Å². The van der Waals surface area contributed by atoms with Gasteiger partial charge in [-0.15, -0.1) is 10.2 Å². The van der Waals surface area contributed by atoms with Crippen molar-refractivity contribution in [2.24, 2.45) is 0 Å². The second-order valence-electron chi connectivity index (χ2n) is 6.50. The number of fused-ring (bicyclic) bond motifs is 2. The van der Waals surface area contributed by atoms with Crippen molar-refractivity contribution in [1.29, 1.82) is 0 Å². The Bertz CT molecular complexity index is 1390. The van der Waals surface area contributed by atoms with Gasteiger partial charge in [-0.2, -0.15) is 4.98 Å². The number of carbonyl (C=O) groups is 1. The van der Waals surface area contributed by atoms with Crippen LogP contribution in [0.15, 0.2) is 60.8 Å². The normalized spacial score (nSPS) is 11.2. The minimum absolute atomic E-state index is 0.0719. The van der Waals surface area contributed by atoms with E-state index >= 15 is 0 Å². The number of halogens is 1. The molecule has 0 fully saturated rings. The van der Waals surface area contributed by atoms with Crippen LogP contribution in [0.1, 0.15) is 15.9 Å². The van der Waals surface area contributed by atoms with E-state index in [9.17, 15) is 9.18 Å². The lowest BCUT2D eigenvalue weighted by Crippen LogP contribution is -2.14. The van der Waals surface area contributed by atoms with Crippen molar-refractivity contribution in [3.8, 4) is 5.69 Å². The van der Waals surface area contributed by atoms with Gasteiger partial charge in [0.1, 0.15) is 11.3 Å². The van der Waals surface area contributed by atoms with E-state index in [-0.39, 0.29) is 11.5 Å². The number of nitrogens with one attached hydrogen (secondary N) is 1. The van der Waals surface area contributed by atoms with Gasteiger partial charge >= 0.3 is 0 Å².